The summed E-state index contributed by atoms with van der Waals surface area (Å²) >= 11 is 4.67. The number of hydrogen-bond donors (Lipinski definition) is 0. The van der Waals surface area contributed by atoms with Gasteiger partial charge in [0, 0.05) is 9.17 Å². The Hall–Kier alpha value is 0.0400. The average molecular weight is 400 g/mol. The van der Waals surface area contributed by atoms with E-state index in [1.165, 1.54) is 24.8 Å². The van der Waals surface area contributed by atoms with E-state index >= 15 is 0 Å². The van der Waals surface area contributed by atoms with Gasteiger partial charge in [-0.1, -0.05) is 71.5 Å². The van der Waals surface area contributed by atoms with E-state index in [-0.39, 0.29) is 0 Å². The van der Waals surface area contributed by atoms with Crippen LogP contribution < -0.4 is 0 Å². The molecule has 0 bridgehead atoms. The Labute approximate surface area is 142 Å². The molecule has 1 aliphatic carbocycles. The van der Waals surface area contributed by atoms with Gasteiger partial charge < -0.3 is 0 Å². The Balaban J connectivity index is 1.89. The number of rotatable bonds is 4. The highest BCUT2D eigenvalue weighted by Gasteiger charge is 2.26. The lowest BCUT2D eigenvalue weighted by Gasteiger charge is -2.27. The lowest BCUT2D eigenvalue weighted by molar-refractivity contribution is 0.388. The fourth-order valence-electron chi connectivity index (χ4n) is 2.85. The molecular weight excluding hydrogens is 375 g/mol. The lowest BCUT2D eigenvalue weighted by Crippen LogP contribution is -2.18. The number of allylic oxidation sites excluding steroid dienone is 7. The molecule has 0 aromatic rings. The molecule has 0 saturated carbocycles. The summed E-state index contributed by atoms with van der Waals surface area (Å²) in [6.45, 7) is 6.72. The minimum atomic E-state index is 0.672. The van der Waals surface area contributed by atoms with Crippen molar-refractivity contribution in [3.8, 4) is 0 Å². The maximum Gasteiger partial charge on any atom is 0.0335 e. The van der Waals surface area contributed by atoms with Crippen LogP contribution in [0.25, 0.3) is 0 Å². The van der Waals surface area contributed by atoms with Crippen molar-refractivity contribution in [1.82, 2.24) is 0 Å². The van der Waals surface area contributed by atoms with E-state index in [0.717, 1.165) is 15.8 Å². The summed E-state index contributed by atoms with van der Waals surface area (Å²) in [6.07, 6.45) is 17.6. The van der Waals surface area contributed by atoms with E-state index < -0.39 is 0 Å². The van der Waals surface area contributed by atoms with E-state index in [4.69, 9.17) is 0 Å². The van der Waals surface area contributed by atoms with Crippen LogP contribution in [-0.4, -0.2) is 9.17 Å². The van der Waals surface area contributed by atoms with Crippen LogP contribution in [0.3, 0.4) is 0 Å². The highest BCUT2D eigenvalue weighted by Crippen LogP contribution is 2.43. The molecular formula is C18H25IS. The fourth-order valence-corrected chi connectivity index (χ4v) is 5.06. The summed E-state index contributed by atoms with van der Waals surface area (Å²) in [5.41, 5.74) is 1.50. The SMILES string of the molecule is C/C=C/C=C(\C)C1CC=C(CC2CC(I)C=CC2C)S1. The normalized spacial score (nSPS) is 34.8. The maximum absolute atomic E-state index is 2.57. The maximum atomic E-state index is 2.57. The Kier molecular flexibility index (Phi) is 6.47. The fraction of sp³-hybridized carbons (Fsp3) is 0.556. The van der Waals surface area contributed by atoms with Crippen LogP contribution in [0.1, 0.15) is 40.0 Å². The van der Waals surface area contributed by atoms with Gasteiger partial charge in [-0.15, -0.1) is 11.8 Å². The number of alkyl halides is 1. The third kappa shape index (κ3) is 4.52. The highest BCUT2D eigenvalue weighted by molar-refractivity contribution is 14.1. The molecule has 0 fully saturated rings. The van der Waals surface area contributed by atoms with Gasteiger partial charge in [0.1, 0.15) is 0 Å². The molecule has 2 aliphatic rings. The molecule has 0 amide bonds. The van der Waals surface area contributed by atoms with Gasteiger partial charge in [0.15, 0.2) is 0 Å². The molecule has 0 radical (unpaired) electrons. The minimum absolute atomic E-state index is 0.672. The third-order valence-electron chi connectivity index (χ3n) is 4.27. The first kappa shape index (κ1) is 16.4. The van der Waals surface area contributed by atoms with Crippen LogP contribution in [0.15, 0.2) is 46.9 Å². The zero-order chi connectivity index (χ0) is 14.5. The average Bonchev–Trinajstić information content (AvgIpc) is 2.89. The highest BCUT2D eigenvalue weighted by atomic mass is 127. The van der Waals surface area contributed by atoms with Gasteiger partial charge in [-0.2, -0.15) is 0 Å². The quantitative estimate of drug-likeness (QED) is 0.231. The molecule has 20 heavy (non-hydrogen) atoms. The second kappa shape index (κ2) is 7.88. The van der Waals surface area contributed by atoms with Gasteiger partial charge in [0.05, 0.1) is 0 Å². The van der Waals surface area contributed by atoms with Gasteiger partial charge in [-0.3, -0.25) is 0 Å². The minimum Gasteiger partial charge on any atom is -0.123 e. The van der Waals surface area contributed by atoms with Crippen molar-refractivity contribution in [3.05, 3.63) is 46.9 Å². The van der Waals surface area contributed by atoms with Crippen molar-refractivity contribution >= 4 is 34.4 Å². The molecule has 0 nitrogen and oxygen atoms in total. The van der Waals surface area contributed by atoms with Crippen LogP contribution >= 0.6 is 34.4 Å². The van der Waals surface area contributed by atoms with Crippen molar-refractivity contribution < 1.29 is 0 Å². The monoisotopic (exact) mass is 400 g/mol. The van der Waals surface area contributed by atoms with Crippen LogP contribution in [0.2, 0.25) is 0 Å². The summed E-state index contributed by atoms with van der Waals surface area (Å²) in [5.74, 6) is 1.57. The van der Waals surface area contributed by atoms with E-state index in [1.54, 1.807) is 4.91 Å². The molecule has 4 unspecified atom stereocenters. The first-order valence-corrected chi connectivity index (χ1v) is 9.70. The van der Waals surface area contributed by atoms with E-state index in [2.05, 4.69) is 91.6 Å². The van der Waals surface area contributed by atoms with E-state index in [0.29, 0.717) is 5.25 Å². The van der Waals surface area contributed by atoms with Crippen molar-refractivity contribution in [2.75, 3.05) is 0 Å². The third-order valence-corrected chi connectivity index (χ3v) is 6.68. The molecule has 0 saturated heterocycles. The summed E-state index contributed by atoms with van der Waals surface area (Å²) < 4.78 is 0.730. The first-order valence-electron chi connectivity index (χ1n) is 7.57. The summed E-state index contributed by atoms with van der Waals surface area (Å²) in [7, 11) is 0. The zero-order valence-corrected chi connectivity index (χ0v) is 15.7. The summed E-state index contributed by atoms with van der Waals surface area (Å²) in [4.78, 5) is 1.62. The molecule has 1 aliphatic heterocycles. The Morgan fingerprint density at radius 3 is 3.00 bits per heavy atom. The topological polar surface area (TPSA) is 0 Å². The van der Waals surface area contributed by atoms with Crippen molar-refractivity contribution in [1.29, 1.82) is 0 Å². The predicted octanol–water partition coefficient (Wildman–Crippen LogP) is 6.30. The van der Waals surface area contributed by atoms with Gasteiger partial charge >= 0.3 is 0 Å². The van der Waals surface area contributed by atoms with Crippen LogP contribution in [0, 0.1) is 11.8 Å². The van der Waals surface area contributed by atoms with Gasteiger partial charge in [0.25, 0.3) is 0 Å². The smallest absolute Gasteiger partial charge is 0.0335 e. The summed E-state index contributed by atoms with van der Waals surface area (Å²) in [6, 6.07) is 0. The molecule has 1 heterocycles. The standard InChI is InChI=1S/C18H25IS/c1-4-5-6-14(3)18-10-9-17(20-18)12-15-11-16(19)8-7-13(15)2/h4-9,13,15-16,18H,10-12H2,1-3H3/b5-4+,14-6+. The first-order chi connectivity index (χ1) is 9.60. The Morgan fingerprint density at radius 1 is 1.45 bits per heavy atom. The van der Waals surface area contributed by atoms with Crippen LogP contribution in [-0.2, 0) is 0 Å². The predicted molar refractivity (Wildman–Crippen MR) is 101 cm³/mol. The van der Waals surface area contributed by atoms with Gasteiger partial charge in [0.2, 0.25) is 0 Å². The molecule has 0 spiro atoms. The molecule has 4 atom stereocenters. The molecule has 0 aromatic heterocycles. The number of halogens is 1. The molecule has 2 rings (SSSR count). The molecule has 0 aromatic carbocycles. The Bertz CT molecular complexity index is 444. The number of hydrogen-bond acceptors (Lipinski definition) is 1. The van der Waals surface area contributed by atoms with E-state index in [9.17, 15) is 0 Å². The molecule has 110 valence electrons. The number of thioether (sulfide) groups is 1. The summed E-state index contributed by atoms with van der Waals surface area (Å²) in [5, 5.41) is 0.672. The zero-order valence-electron chi connectivity index (χ0n) is 12.7. The van der Waals surface area contributed by atoms with Crippen molar-refractivity contribution in [2.24, 2.45) is 11.8 Å². The van der Waals surface area contributed by atoms with Gasteiger partial charge in [-0.25, -0.2) is 0 Å². The van der Waals surface area contributed by atoms with Crippen molar-refractivity contribution in [2.45, 2.75) is 49.2 Å². The second-order valence-electron chi connectivity index (χ2n) is 5.91. The molecule has 0 N–H and O–H groups in total. The van der Waals surface area contributed by atoms with Crippen molar-refractivity contribution in [3.63, 3.8) is 0 Å². The lowest BCUT2D eigenvalue weighted by atomic mass is 9.83. The largest absolute Gasteiger partial charge is 0.123 e. The van der Waals surface area contributed by atoms with E-state index in [1.807, 2.05) is 0 Å². The van der Waals surface area contributed by atoms with Gasteiger partial charge in [-0.05, 0) is 49.9 Å². The molecule has 2 heteroatoms. The Morgan fingerprint density at radius 2 is 2.25 bits per heavy atom. The second-order valence-corrected chi connectivity index (χ2v) is 8.84. The van der Waals surface area contributed by atoms with Crippen LogP contribution in [0.4, 0.5) is 0 Å². The van der Waals surface area contributed by atoms with Crippen LogP contribution in [0.5, 0.6) is 0 Å².